The van der Waals surface area contributed by atoms with Crippen LogP contribution >= 0.6 is 0 Å². The summed E-state index contributed by atoms with van der Waals surface area (Å²) in [5.74, 6) is 0.533. The molecule has 0 aromatic carbocycles. The zero-order valence-electron chi connectivity index (χ0n) is 11.3. The first-order chi connectivity index (χ1) is 8.39. The number of morpholine rings is 1. The third kappa shape index (κ3) is 3.66. The molecule has 18 heavy (non-hydrogen) atoms. The molecule has 2 fully saturated rings. The molecule has 1 N–H and O–H groups in total. The Bertz CT molecular complexity index is 375. The first-order valence-electron chi connectivity index (χ1n) is 6.72. The molecule has 106 valence electrons. The second-order valence-corrected chi connectivity index (χ2v) is 7.95. The molecule has 0 aromatic rings. The van der Waals surface area contributed by atoms with Crippen LogP contribution in [0.25, 0.3) is 0 Å². The van der Waals surface area contributed by atoms with Gasteiger partial charge in [0.25, 0.3) is 0 Å². The molecular weight excluding hydrogens is 252 g/mol. The van der Waals surface area contributed by atoms with Gasteiger partial charge in [0.05, 0.1) is 18.0 Å². The molecule has 5 nitrogen and oxygen atoms in total. The highest BCUT2D eigenvalue weighted by atomic mass is 32.2. The fourth-order valence-electron chi connectivity index (χ4n) is 2.68. The molecule has 1 unspecified atom stereocenters. The van der Waals surface area contributed by atoms with E-state index in [4.69, 9.17) is 4.74 Å². The lowest BCUT2D eigenvalue weighted by molar-refractivity contribution is -0.0641. The minimum Gasteiger partial charge on any atom is -0.373 e. The predicted molar refractivity (Wildman–Crippen MR) is 71.0 cm³/mol. The smallest absolute Gasteiger partial charge is 0.214 e. The Morgan fingerprint density at radius 3 is 2.83 bits per heavy atom. The lowest BCUT2D eigenvalue weighted by atomic mass is 10.0. The summed E-state index contributed by atoms with van der Waals surface area (Å²) in [5, 5.41) is 3.27. The van der Waals surface area contributed by atoms with Crippen molar-refractivity contribution in [3.63, 3.8) is 0 Å². The summed E-state index contributed by atoms with van der Waals surface area (Å²) in [4.78, 5) is 0. The number of hydrogen-bond acceptors (Lipinski definition) is 4. The first-order valence-corrected chi connectivity index (χ1v) is 8.32. The summed E-state index contributed by atoms with van der Waals surface area (Å²) in [6.07, 6.45) is 2.09. The van der Waals surface area contributed by atoms with Crippen molar-refractivity contribution in [2.24, 2.45) is 5.92 Å². The molecule has 0 aliphatic carbocycles. The van der Waals surface area contributed by atoms with Crippen molar-refractivity contribution in [3.05, 3.63) is 0 Å². The number of sulfonamides is 1. The average molecular weight is 276 g/mol. The quantitative estimate of drug-likeness (QED) is 0.812. The van der Waals surface area contributed by atoms with Gasteiger partial charge in [0, 0.05) is 13.1 Å². The summed E-state index contributed by atoms with van der Waals surface area (Å²) in [6, 6.07) is 0. The third-order valence-electron chi connectivity index (χ3n) is 3.63. The third-order valence-corrected chi connectivity index (χ3v) is 5.62. The van der Waals surface area contributed by atoms with Gasteiger partial charge in [-0.25, -0.2) is 8.42 Å². The topological polar surface area (TPSA) is 58.6 Å². The maximum Gasteiger partial charge on any atom is 0.214 e. The molecule has 0 spiro atoms. The van der Waals surface area contributed by atoms with Gasteiger partial charge in [-0.2, -0.15) is 4.31 Å². The van der Waals surface area contributed by atoms with E-state index in [1.807, 2.05) is 13.8 Å². The largest absolute Gasteiger partial charge is 0.373 e. The molecule has 0 amide bonds. The van der Waals surface area contributed by atoms with Gasteiger partial charge >= 0.3 is 0 Å². The van der Waals surface area contributed by atoms with Crippen LogP contribution in [0.5, 0.6) is 0 Å². The molecule has 0 radical (unpaired) electrons. The lowest BCUT2D eigenvalue weighted by Crippen LogP contribution is -2.52. The summed E-state index contributed by atoms with van der Waals surface area (Å²) < 4.78 is 31.9. The van der Waals surface area contributed by atoms with Gasteiger partial charge in [-0.1, -0.05) is 0 Å². The molecule has 0 bridgehead atoms. The fourth-order valence-corrected chi connectivity index (χ4v) is 4.63. The van der Waals surface area contributed by atoms with Crippen LogP contribution in [-0.4, -0.2) is 56.9 Å². The molecule has 2 heterocycles. The monoisotopic (exact) mass is 276 g/mol. The maximum atomic E-state index is 12.4. The molecule has 2 aliphatic rings. The Labute approximate surface area is 110 Å². The fraction of sp³-hybridized carbons (Fsp3) is 1.00. The average Bonchev–Trinajstić information content (AvgIpc) is 2.28. The van der Waals surface area contributed by atoms with Crippen molar-refractivity contribution >= 4 is 10.0 Å². The normalized spacial score (nSPS) is 30.2. The number of rotatable bonds is 3. The molecule has 0 saturated carbocycles. The van der Waals surface area contributed by atoms with Gasteiger partial charge in [-0.15, -0.1) is 0 Å². The van der Waals surface area contributed by atoms with E-state index in [1.165, 1.54) is 0 Å². The molecule has 6 heteroatoms. The highest BCUT2D eigenvalue weighted by Crippen LogP contribution is 2.21. The first kappa shape index (κ1) is 14.2. The second kappa shape index (κ2) is 5.45. The maximum absolute atomic E-state index is 12.4. The number of ether oxygens (including phenoxy) is 1. The number of nitrogens with zero attached hydrogens (tertiary/aromatic N) is 1. The Balaban J connectivity index is 1.97. The zero-order valence-corrected chi connectivity index (χ0v) is 12.1. The minimum atomic E-state index is -3.14. The summed E-state index contributed by atoms with van der Waals surface area (Å²) in [7, 11) is -3.14. The molecule has 1 atom stereocenters. The highest BCUT2D eigenvalue weighted by Gasteiger charge is 2.35. The van der Waals surface area contributed by atoms with Crippen molar-refractivity contribution < 1.29 is 13.2 Å². The number of piperidine rings is 1. The van der Waals surface area contributed by atoms with Crippen LogP contribution in [0.1, 0.15) is 26.7 Å². The second-order valence-electron chi connectivity index (χ2n) is 5.93. The SMILES string of the molecule is CC1(C)CN(S(=O)(=O)CC2CCCNC2)CCO1. The van der Waals surface area contributed by atoms with E-state index >= 15 is 0 Å². The van der Waals surface area contributed by atoms with Crippen LogP contribution in [0.3, 0.4) is 0 Å². The van der Waals surface area contributed by atoms with Gasteiger partial charge in [0.1, 0.15) is 0 Å². The molecule has 0 aromatic heterocycles. The van der Waals surface area contributed by atoms with E-state index in [0.29, 0.717) is 19.7 Å². The van der Waals surface area contributed by atoms with Crippen LogP contribution in [-0.2, 0) is 14.8 Å². The van der Waals surface area contributed by atoms with Gasteiger partial charge in [-0.05, 0) is 45.7 Å². The van der Waals surface area contributed by atoms with Gasteiger partial charge in [-0.3, -0.25) is 0 Å². The van der Waals surface area contributed by atoms with Crippen molar-refractivity contribution in [3.8, 4) is 0 Å². The van der Waals surface area contributed by atoms with Crippen LogP contribution in [0.4, 0.5) is 0 Å². The highest BCUT2D eigenvalue weighted by molar-refractivity contribution is 7.89. The van der Waals surface area contributed by atoms with E-state index in [0.717, 1.165) is 25.9 Å². The van der Waals surface area contributed by atoms with E-state index < -0.39 is 10.0 Å². The van der Waals surface area contributed by atoms with E-state index in [9.17, 15) is 8.42 Å². The van der Waals surface area contributed by atoms with Crippen molar-refractivity contribution in [1.82, 2.24) is 9.62 Å². The van der Waals surface area contributed by atoms with Crippen molar-refractivity contribution in [2.75, 3.05) is 38.5 Å². The van der Waals surface area contributed by atoms with Crippen LogP contribution in [0.2, 0.25) is 0 Å². The molecule has 2 rings (SSSR count). The van der Waals surface area contributed by atoms with Crippen LogP contribution < -0.4 is 5.32 Å². The number of nitrogens with one attached hydrogen (secondary N) is 1. The van der Waals surface area contributed by atoms with Crippen molar-refractivity contribution in [1.29, 1.82) is 0 Å². The molecule has 2 saturated heterocycles. The van der Waals surface area contributed by atoms with Crippen LogP contribution in [0.15, 0.2) is 0 Å². The van der Waals surface area contributed by atoms with E-state index in [1.54, 1.807) is 4.31 Å². The standard InChI is InChI=1S/C12H24N2O3S/c1-12(2)10-14(6-7-17-12)18(15,16)9-11-4-3-5-13-8-11/h11,13H,3-10H2,1-2H3. The summed E-state index contributed by atoms with van der Waals surface area (Å²) in [6.45, 7) is 7.18. The van der Waals surface area contributed by atoms with E-state index in [2.05, 4.69) is 5.32 Å². The number of hydrogen-bond donors (Lipinski definition) is 1. The Morgan fingerprint density at radius 1 is 1.44 bits per heavy atom. The Morgan fingerprint density at radius 2 is 2.22 bits per heavy atom. The predicted octanol–water partition coefficient (Wildman–Crippen LogP) is 0.427. The van der Waals surface area contributed by atoms with Crippen molar-refractivity contribution in [2.45, 2.75) is 32.3 Å². The molecular formula is C12H24N2O3S. The lowest BCUT2D eigenvalue weighted by Gasteiger charge is -2.38. The Kier molecular flexibility index (Phi) is 4.31. The Hall–Kier alpha value is -0.170. The van der Waals surface area contributed by atoms with Gasteiger partial charge in [0.15, 0.2) is 0 Å². The van der Waals surface area contributed by atoms with Gasteiger partial charge in [0.2, 0.25) is 10.0 Å². The minimum absolute atomic E-state index is 0.259. The van der Waals surface area contributed by atoms with Crippen LogP contribution in [0, 0.1) is 5.92 Å². The summed E-state index contributed by atoms with van der Waals surface area (Å²) in [5.41, 5.74) is -0.365. The van der Waals surface area contributed by atoms with Gasteiger partial charge < -0.3 is 10.1 Å². The zero-order chi connectivity index (χ0) is 13.2. The summed E-state index contributed by atoms with van der Waals surface area (Å²) >= 11 is 0. The molecule has 2 aliphatic heterocycles. The van der Waals surface area contributed by atoms with E-state index in [-0.39, 0.29) is 17.3 Å².